The van der Waals surface area contributed by atoms with Crippen LogP contribution in [0.5, 0.6) is 0 Å². The van der Waals surface area contributed by atoms with E-state index in [2.05, 4.69) is 41.2 Å². The van der Waals surface area contributed by atoms with Gasteiger partial charge in [0.1, 0.15) is 0 Å². The van der Waals surface area contributed by atoms with Crippen LogP contribution in [0.2, 0.25) is 0 Å². The number of amides is 1. The Bertz CT molecular complexity index is 717. The Morgan fingerprint density at radius 2 is 1.96 bits per heavy atom. The van der Waals surface area contributed by atoms with Crippen molar-refractivity contribution in [2.24, 2.45) is 5.92 Å². The maximum atomic E-state index is 12.1. The van der Waals surface area contributed by atoms with Crippen LogP contribution in [0.15, 0.2) is 34.9 Å². The third-order valence-electron chi connectivity index (χ3n) is 5.12. The molecule has 1 aromatic heterocycles. The zero-order chi connectivity index (χ0) is 19.1. The van der Waals surface area contributed by atoms with Crippen LogP contribution in [-0.4, -0.2) is 42.0 Å². The van der Waals surface area contributed by atoms with E-state index in [0.29, 0.717) is 24.7 Å². The van der Waals surface area contributed by atoms with Gasteiger partial charge in [0.25, 0.3) is 0 Å². The average Bonchev–Trinajstić information content (AvgIpc) is 3.15. The fraction of sp³-hybridized carbons (Fsp3) is 0.545. The maximum absolute atomic E-state index is 12.1. The molecule has 0 saturated carbocycles. The first-order valence-corrected chi connectivity index (χ1v) is 10.1. The van der Waals surface area contributed by atoms with E-state index in [1.807, 2.05) is 12.1 Å². The molecule has 146 valence electrons. The molecular weight excluding hydrogens is 338 g/mol. The van der Waals surface area contributed by atoms with Crippen molar-refractivity contribution < 1.29 is 9.21 Å². The number of benzene rings is 1. The lowest BCUT2D eigenvalue weighted by atomic mass is 10.1. The Hall–Kier alpha value is -2.14. The molecule has 27 heavy (non-hydrogen) atoms. The molecule has 1 fully saturated rings. The third-order valence-corrected chi connectivity index (χ3v) is 5.12. The van der Waals surface area contributed by atoms with Crippen LogP contribution in [0.4, 0.5) is 0 Å². The second-order valence-electron chi connectivity index (χ2n) is 7.75. The van der Waals surface area contributed by atoms with E-state index in [1.165, 1.54) is 37.9 Å². The number of oxazole rings is 1. The van der Waals surface area contributed by atoms with Crippen LogP contribution in [0.1, 0.15) is 44.1 Å². The highest BCUT2D eigenvalue weighted by molar-refractivity contribution is 5.76. The zero-order valence-corrected chi connectivity index (χ0v) is 16.5. The van der Waals surface area contributed by atoms with Crippen molar-refractivity contribution in [2.45, 2.75) is 46.0 Å². The van der Waals surface area contributed by atoms with Crippen molar-refractivity contribution in [3.8, 4) is 11.3 Å². The number of aromatic nitrogens is 1. The molecule has 0 bridgehead atoms. The van der Waals surface area contributed by atoms with Gasteiger partial charge in [-0.05, 0) is 38.8 Å². The van der Waals surface area contributed by atoms with Gasteiger partial charge in [0.15, 0.2) is 11.7 Å². The molecule has 1 N–H and O–H groups in total. The predicted octanol–water partition coefficient (Wildman–Crippen LogP) is 3.82. The summed E-state index contributed by atoms with van der Waals surface area (Å²) in [6.45, 7) is 8.46. The van der Waals surface area contributed by atoms with Crippen molar-refractivity contribution in [3.63, 3.8) is 0 Å². The summed E-state index contributed by atoms with van der Waals surface area (Å²) in [6, 6.07) is 8.15. The van der Waals surface area contributed by atoms with Crippen LogP contribution in [0, 0.1) is 12.8 Å². The third kappa shape index (κ3) is 6.21. The molecule has 1 aliphatic rings. The number of rotatable bonds is 8. The SMILES string of the molecule is Cc1ccc(-c2cnc(CCC(=O)NCC(C)CN3CCCCC3)o2)cc1. The molecule has 5 heteroatoms. The minimum Gasteiger partial charge on any atom is -0.441 e. The van der Waals surface area contributed by atoms with Crippen LogP contribution >= 0.6 is 0 Å². The molecule has 1 aromatic carbocycles. The minimum absolute atomic E-state index is 0.0654. The van der Waals surface area contributed by atoms with Crippen molar-refractivity contribution >= 4 is 5.91 Å². The number of aryl methyl sites for hydroxylation is 2. The predicted molar refractivity (Wildman–Crippen MR) is 107 cm³/mol. The van der Waals surface area contributed by atoms with Gasteiger partial charge in [0, 0.05) is 31.5 Å². The van der Waals surface area contributed by atoms with Crippen molar-refractivity contribution in [1.82, 2.24) is 15.2 Å². The summed E-state index contributed by atoms with van der Waals surface area (Å²) in [5.74, 6) is 1.90. The second kappa shape index (κ2) is 9.70. The van der Waals surface area contributed by atoms with E-state index in [4.69, 9.17) is 4.42 Å². The van der Waals surface area contributed by atoms with Gasteiger partial charge in [0.05, 0.1) is 6.20 Å². The number of carbonyl (C=O) groups excluding carboxylic acids is 1. The molecule has 2 aromatic rings. The number of hydrogen-bond acceptors (Lipinski definition) is 4. The molecular formula is C22H31N3O2. The average molecular weight is 370 g/mol. The first-order chi connectivity index (χ1) is 13.1. The van der Waals surface area contributed by atoms with Gasteiger partial charge in [-0.2, -0.15) is 0 Å². The van der Waals surface area contributed by atoms with E-state index in [9.17, 15) is 4.79 Å². The molecule has 1 aliphatic heterocycles. The summed E-state index contributed by atoms with van der Waals surface area (Å²) in [5, 5.41) is 3.05. The minimum atomic E-state index is 0.0654. The Morgan fingerprint density at radius 3 is 2.70 bits per heavy atom. The Balaban J connectivity index is 1.38. The quantitative estimate of drug-likeness (QED) is 0.768. The van der Waals surface area contributed by atoms with E-state index in [-0.39, 0.29) is 5.91 Å². The maximum Gasteiger partial charge on any atom is 0.220 e. The highest BCUT2D eigenvalue weighted by Crippen LogP contribution is 2.21. The molecule has 3 rings (SSSR count). The standard InChI is InChI=1S/C22H31N3O2/c1-17-6-8-19(9-7-17)20-15-24-22(27-20)11-10-21(26)23-14-18(2)16-25-12-4-3-5-13-25/h6-9,15,18H,3-5,10-14,16H2,1-2H3,(H,23,26). The molecule has 0 aliphatic carbocycles. The second-order valence-corrected chi connectivity index (χ2v) is 7.75. The Morgan fingerprint density at radius 1 is 1.22 bits per heavy atom. The highest BCUT2D eigenvalue weighted by atomic mass is 16.4. The van der Waals surface area contributed by atoms with Crippen molar-refractivity contribution in [2.75, 3.05) is 26.2 Å². The fourth-order valence-electron chi connectivity index (χ4n) is 3.52. The summed E-state index contributed by atoms with van der Waals surface area (Å²) < 4.78 is 5.79. The van der Waals surface area contributed by atoms with Gasteiger partial charge in [0.2, 0.25) is 5.91 Å². The molecule has 0 spiro atoms. The van der Waals surface area contributed by atoms with Gasteiger partial charge >= 0.3 is 0 Å². The summed E-state index contributed by atoms with van der Waals surface area (Å²) in [6.07, 6.45) is 6.63. The molecule has 1 unspecified atom stereocenters. The number of likely N-dealkylation sites (tertiary alicyclic amines) is 1. The largest absolute Gasteiger partial charge is 0.441 e. The van der Waals surface area contributed by atoms with E-state index in [1.54, 1.807) is 6.20 Å². The molecule has 1 amide bonds. The summed E-state index contributed by atoms with van der Waals surface area (Å²) in [5.41, 5.74) is 2.22. The number of hydrogen-bond donors (Lipinski definition) is 1. The smallest absolute Gasteiger partial charge is 0.220 e. The van der Waals surface area contributed by atoms with Gasteiger partial charge in [-0.3, -0.25) is 4.79 Å². The zero-order valence-electron chi connectivity index (χ0n) is 16.5. The van der Waals surface area contributed by atoms with E-state index < -0.39 is 0 Å². The first-order valence-electron chi connectivity index (χ1n) is 10.1. The monoisotopic (exact) mass is 369 g/mol. The molecule has 0 radical (unpaired) electrons. The van der Waals surface area contributed by atoms with Gasteiger partial charge in [-0.15, -0.1) is 0 Å². The molecule has 5 nitrogen and oxygen atoms in total. The highest BCUT2D eigenvalue weighted by Gasteiger charge is 2.14. The van der Waals surface area contributed by atoms with Crippen LogP contribution in [-0.2, 0) is 11.2 Å². The van der Waals surface area contributed by atoms with Crippen molar-refractivity contribution in [3.05, 3.63) is 41.9 Å². The summed E-state index contributed by atoms with van der Waals surface area (Å²) in [7, 11) is 0. The number of piperidine rings is 1. The summed E-state index contributed by atoms with van der Waals surface area (Å²) >= 11 is 0. The number of nitrogens with zero attached hydrogens (tertiary/aromatic N) is 2. The van der Waals surface area contributed by atoms with Gasteiger partial charge in [-0.1, -0.05) is 43.2 Å². The molecule has 2 heterocycles. The lowest BCUT2D eigenvalue weighted by Gasteiger charge is -2.29. The Labute approximate surface area is 162 Å². The van der Waals surface area contributed by atoms with E-state index in [0.717, 1.165) is 24.4 Å². The van der Waals surface area contributed by atoms with Crippen LogP contribution in [0.25, 0.3) is 11.3 Å². The topological polar surface area (TPSA) is 58.4 Å². The Kier molecular flexibility index (Phi) is 7.04. The molecule has 1 atom stereocenters. The van der Waals surface area contributed by atoms with Crippen LogP contribution < -0.4 is 5.32 Å². The van der Waals surface area contributed by atoms with Crippen molar-refractivity contribution in [1.29, 1.82) is 0 Å². The number of carbonyl (C=O) groups is 1. The van der Waals surface area contributed by atoms with Gasteiger partial charge in [-0.25, -0.2) is 4.98 Å². The number of nitrogens with one attached hydrogen (secondary N) is 1. The van der Waals surface area contributed by atoms with E-state index >= 15 is 0 Å². The first kappa shape index (κ1) is 19.6. The molecule has 1 saturated heterocycles. The van der Waals surface area contributed by atoms with Gasteiger partial charge < -0.3 is 14.6 Å². The summed E-state index contributed by atoms with van der Waals surface area (Å²) in [4.78, 5) is 19.0. The lowest BCUT2D eigenvalue weighted by molar-refractivity contribution is -0.121. The normalized spacial score (nSPS) is 16.2. The van der Waals surface area contributed by atoms with Crippen LogP contribution in [0.3, 0.4) is 0 Å². The fourth-order valence-corrected chi connectivity index (χ4v) is 3.52. The lowest BCUT2D eigenvalue weighted by Crippen LogP contribution is -2.38.